The Bertz CT molecular complexity index is 633. The van der Waals surface area contributed by atoms with Crippen molar-refractivity contribution in [2.24, 2.45) is 4.99 Å². The average molecular weight is 339 g/mol. The van der Waals surface area contributed by atoms with Crippen LogP contribution in [0.5, 0.6) is 0 Å². The molecule has 2 rings (SSSR count). The second kappa shape index (κ2) is 8.37. The van der Waals surface area contributed by atoms with Crippen molar-refractivity contribution in [3.8, 4) is 0 Å². The van der Waals surface area contributed by atoms with E-state index >= 15 is 0 Å². The monoisotopic (exact) mass is 339 g/mol. The summed E-state index contributed by atoms with van der Waals surface area (Å²) in [6.45, 7) is 4.35. The standard InChI is InChI=1S/C16H20F3N5/c1-2-21-15(22-8-10-24-9-7-20-12-24)23-11-13-3-5-14(6-4-13)16(17,18)19/h3-7,9,12H,2,8,10-11H2,1H3,(H2,21,22,23). The number of halogens is 3. The van der Waals surface area contributed by atoms with Crippen LogP contribution in [0.2, 0.25) is 0 Å². The molecule has 0 bridgehead atoms. The molecule has 1 heterocycles. The van der Waals surface area contributed by atoms with Gasteiger partial charge in [-0.2, -0.15) is 13.2 Å². The number of guanidine groups is 1. The highest BCUT2D eigenvalue weighted by molar-refractivity contribution is 5.79. The normalized spacial score (nSPS) is 12.2. The summed E-state index contributed by atoms with van der Waals surface area (Å²) in [5, 5.41) is 6.28. The Balaban J connectivity index is 1.89. The molecule has 24 heavy (non-hydrogen) atoms. The molecule has 0 unspecified atom stereocenters. The third kappa shape index (κ3) is 5.60. The zero-order valence-corrected chi connectivity index (χ0v) is 13.3. The Labute approximate surface area is 138 Å². The molecule has 0 aliphatic carbocycles. The molecule has 2 aromatic rings. The lowest BCUT2D eigenvalue weighted by atomic mass is 10.1. The van der Waals surface area contributed by atoms with Crippen LogP contribution in [-0.2, 0) is 19.3 Å². The van der Waals surface area contributed by atoms with Gasteiger partial charge in [-0.1, -0.05) is 12.1 Å². The summed E-state index contributed by atoms with van der Waals surface area (Å²) in [5.41, 5.74) is 0.0652. The van der Waals surface area contributed by atoms with Crippen LogP contribution in [0.3, 0.4) is 0 Å². The first-order valence-corrected chi connectivity index (χ1v) is 7.63. The van der Waals surface area contributed by atoms with Crippen LogP contribution in [-0.4, -0.2) is 28.6 Å². The maximum Gasteiger partial charge on any atom is 0.416 e. The Morgan fingerprint density at radius 1 is 1.21 bits per heavy atom. The van der Waals surface area contributed by atoms with E-state index in [1.54, 1.807) is 12.5 Å². The van der Waals surface area contributed by atoms with Crippen LogP contribution in [0.25, 0.3) is 0 Å². The molecule has 8 heteroatoms. The predicted molar refractivity (Wildman–Crippen MR) is 86.5 cm³/mol. The summed E-state index contributed by atoms with van der Waals surface area (Å²) in [6.07, 6.45) is 0.997. The summed E-state index contributed by atoms with van der Waals surface area (Å²) >= 11 is 0. The van der Waals surface area contributed by atoms with Gasteiger partial charge in [-0.15, -0.1) is 0 Å². The van der Waals surface area contributed by atoms with E-state index in [0.29, 0.717) is 25.6 Å². The third-order valence-electron chi connectivity index (χ3n) is 3.27. The van der Waals surface area contributed by atoms with Gasteiger partial charge in [0, 0.05) is 32.0 Å². The van der Waals surface area contributed by atoms with Gasteiger partial charge in [0.15, 0.2) is 5.96 Å². The highest BCUT2D eigenvalue weighted by Crippen LogP contribution is 2.29. The van der Waals surface area contributed by atoms with Crippen molar-refractivity contribution in [1.29, 1.82) is 0 Å². The van der Waals surface area contributed by atoms with Gasteiger partial charge in [-0.05, 0) is 24.6 Å². The summed E-state index contributed by atoms with van der Waals surface area (Å²) in [4.78, 5) is 8.35. The summed E-state index contributed by atoms with van der Waals surface area (Å²) in [7, 11) is 0. The highest BCUT2D eigenvalue weighted by atomic mass is 19.4. The van der Waals surface area contributed by atoms with E-state index in [4.69, 9.17) is 0 Å². The van der Waals surface area contributed by atoms with Crippen LogP contribution in [0.4, 0.5) is 13.2 Å². The molecule has 1 aromatic heterocycles. The fourth-order valence-electron chi connectivity index (χ4n) is 2.03. The molecule has 0 fully saturated rings. The second-order valence-electron chi connectivity index (χ2n) is 5.12. The van der Waals surface area contributed by atoms with Crippen molar-refractivity contribution in [2.75, 3.05) is 13.1 Å². The minimum Gasteiger partial charge on any atom is -0.357 e. The average Bonchev–Trinajstić information content (AvgIpc) is 3.05. The summed E-state index contributed by atoms with van der Waals surface area (Å²) in [5.74, 6) is 0.623. The Kier molecular flexibility index (Phi) is 6.22. The van der Waals surface area contributed by atoms with Gasteiger partial charge in [0.05, 0.1) is 18.4 Å². The van der Waals surface area contributed by atoms with Crippen molar-refractivity contribution >= 4 is 5.96 Å². The van der Waals surface area contributed by atoms with Crippen LogP contribution in [0.1, 0.15) is 18.1 Å². The maximum absolute atomic E-state index is 12.5. The van der Waals surface area contributed by atoms with Gasteiger partial charge >= 0.3 is 6.18 Å². The molecule has 0 aliphatic rings. The van der Waals surface area contributed by atoms with E-state index in [2.05, 4.69) is 20.6 Å². The molecule has 0 saturated heterocycles. The second-order valence-corrected chi connectivity index (χ2v) is 5.12. The van der Waals surface area contributed by atoms with Crippen molar-refractivity contribution in [3.63, 3.8) is 0 Å². The maximum atomic E-state index is 12.5. The molecule has 0 aliphatic heterocycles. The topological polar surface area (TPSA) is 54.2 Å². The Hall–Kier alpha value is -2.51. The van der Waals surface area contributed by atoms with E-state index < -0.39 is 11.7 Å². The number of aromatic nitrogens is 2. The van der Waals surface area contributed by atoms with Crippen molar-refractivity contribution < 1.29 is 13.2 Å². The number of alkyl halides is 3. The van der Waals surface area contributed by atoms with Gasteiger partial charge < -0.3 is 15.2 Å². The fourth-order valence-corrected chi connectivity index (χ4v) is 2.03. The first kappa shape index (κ1) is 17.8. The van der Waals surface area contributed by atoms with Gasteiger partial charge in [0.25, 0.3) is 0 Å². The first-order chi connectivity index (χ1) is 11.5. The van der Waals surface area contributed by atoms with Gasteiger partial charge in [0.2, 0.25) is 0 Å². The van der Waals surface area contributed by atoms with Crippen molar-refractivity contribution in [2.45, 2.75) is 26.2 Å². The van der Waals surface area contributed by atoms with Gasteiger partial charge in [-0.25, -0.2) is 9.98 Å². The third-order valence-corrected chi connectivity index (χ3v) is 3.27. The Morgan fingerprint density at radius 2 is 1.96 bits per heavy atom. The minimum atomic E-state index is -4.31. The molecule has 0 amide bonds. The lowest BCUT2D eigenvalue weighted by molar-refractivity contribution is -0.137. The smallest absolute Gasteiger partial charge is 0.357 e. The molecular weight excluding hydrogens is 319 g/mol. The largest absolute Gasteiger partial charge is 0.416 e. The number of hydrogen-bond donors (Lipinski definition) is 2. The molecule has 0 saturated carbocycles. The van der Waals surface area contributed by atoms with Crippen LogP contribution < -0.4 is 10.6 Å². The number of hydrogen-bond acceptors (Lipinski definition) is 2. The van der Waals surface area contributed by atoms with Gasteiger partial charge in [0.1, 0.15) is 0 Å². The van der Waals surface area contributed by atoms with Crippen molar-refractivity contribution in [3.05, 3.63) is 54.1 Å². The molecule has 0 spiro atoms. The molecule has 130 valence electrons. The number of benzene rings is 1. The zero-order chi connectivity index (χ0) is 17.4. The van der Waals surface area contributed by atoms with Crippen LogP contribution >= 0.6 is 0 Å². The lowest BCUT2D eigenvalue weighted by Crippen LogP contribution is -2.38. The fraction of sp³-hybridized carbons (Fsp3) is 0.375. The molecule has 5 nitrogen and oxygen atoms in total. The van der Waals surface area contributed by atoms with Crippen LogP contribution in [0, 0.1) is 0 Å². The zero-order valence-electron chi connectivity index (χ0n) is 13.3. The van der Waals surface area contributed by atoms with E-state index in [-0.39, 0.29) is 0 Å². The first-order valence-electron chi connectivity index (χ1n) is 7.63. The number of aliphatic imine (C=N–C) groups is 1. The minimum absolute atomic E-state index is 0.304. The van der Waals surface area contributed by atoms with Crippen LogP contribution in [0.15, 0.2) is 48.0 Å². The molecule has 0 radical (unpaired) electrons. The number of imidazole rings is 1. The highest BCUT2D eigenvalue weighted by Gasteiger charge is 2.29. The van der Waals surface area contributed by atoms with E-state index in [0.717, 1.165) is 24.2 Å². The van der Waals surface area contributed by atoms with Gasteiger partial charge in [-0.3, -0.25) is 0 Å². The Morgan fingerprint density at radius 3 is 2.54 bits per heavy atom. The lowest BCUT2D eigenvalue weighted by Gasteiger charge is -2.12. The summed E-state index contributed by atoms with van der Waals surface area (Å²) in [6, 6.07) is 5.04. The molecule has 1 aromatic carbocycles. The number of nitrogens with zero attached hydrogens (tertiary/aromatic N) is 3. The quantitative estimate of drug-likeness (QED) is 0.628. The van der Waals surface area contributed by atoms with E-state index in [9.17, 15) is 13.2 Å². The summed E-state index contributed by atoms with van der Waals surface area (Å²) < 4.78 is 39.5. The number of rotatable bonds is 6. The van der Waals surface area contributed by atoms with E-state index in [1.165, 1.54) is 12.1 Å². The molecule has 2 N–H and O–H groups in total. The molecule has 0 atom stereocenters. The molecular formula is C16H20F3N5. The predicted octanol–water partition coefficient (Wildman–Crippen LogP) is 2.66. The number of nitrogens with one attached hydrogen (secondary N) is 2. The van der Waals surface area contributed by atoms with Crippen molar-refractivity contribution in [1.82, 2.24) is 20.2 Å². The SMILES string of the molecule is CCNC(=NCc1ccc(C(F)(F)F)cc1)NCCn1ccnc1. The van der Waals surface area contributed by atoms with E-state index in [1.807, 2.05) is 17.7 Å².